The Bertz CT molecular complexity index is 215. The molecule has 1 rings (SSSR count). The van der Waals surface area contributed by atoms with Gasteiger partial charge in [-0.15, -0.1) is 0 Å². The lowest BCUT2D eigenvalue weighted by Crippen LogP contribution is -2.35. The fourth-order valence-electron chi connectivity index (χ4n) is 1.31. The molecule has 12 heavy (non-hydrogen) atoms. The molecule has 0 bridgehead atoms. The van der Waals surface area contributed by atoms with Crippen molar-refractivity contribution in [2.75, 3.05) is 14.2 Å². The number of rotatable bonds is 2. The molecule has 1 aliphatic rings. The zero-order valence-electron chi connectivity index (χ0n) is 6.98. The molecule has 0 spiro atoms. The normalized spacial score (nSPS) is 29.5. The maximum atomic E-state index is 11.2. The Balaban J connectivity index is 2.73. The highest BCUT2D eigenvalue weighted by molar-refractivity contribution is 5.90. The van der Waals surface area contributed by atoms with Crippen LogP contribution in [0.3, 0.4) is 0 Å². The first-order chi connectivity index (χ1) is 5.57. The smallest absolute Gasteiger partial charge is 0.326 e. The third kappa shape index (κ3) is 1.27. The molecule has 1 heterocycles. The molecule has 0 radical (unpaired) electrons. The van der Waals surface area contributed by atoms with E-state index in [0.717, 1.165) is 0 Å². The monoisotopic (exact) mass is 173 g/mol. The van der Waals surface area contributed by atoms with Gasteiger partial charge in [-0.3, -0.25) is 4.79 Å². The largest absolute Gasteiger partial charge is 0.480 e. The topological polar surface area (TPSA) is 66.8 Å². The molecule has 5 heteroatoms. The minimum Gasteiger partial charge on any atom is -0.480 e. The molecule has 2 atom stereocenters. The van der Waals surface area contributed by atoms with Crippen LogP contribution in [0.2, 0.25) is 0 Å². The maximum Gasteiger partial charge on any atom is 0.326 e. The summed E-state index contributed by atoms with van der Waals surface area (Å²) in [6, 6.07) is -0.734. The van der Waals surface area contributed by atoms with Crippen molar-refractivity contribution in [1.29, 1.82) is 0 Å². The predicted octanol–water partition coefficient (Wildman–Crippen LogP) is -0.683. The van der Waals surface area contributed by atoms with Crippen molar-refractivity contribution < 1.29 is 19.4 Å². The second-order valence-corrected chi connectivity index (χ2v) is 2.76. The molecule has 1 aliphatic heterocycles. The van der Waals surface area contributed by atoms with Crippen LogP contribution in [0.4, 0.5) is 0 Å². The van der Waals surface area contributed by atoms with Crippen LogP contribution in [0, 0.1) is 0 Å². The number of likely N-dealkylation sites (N-methyl/N-ethyl adjacent to an activating group) is 1. The Labute approximate surface area is 69.9 Å². The number of aliphatic carboxylic acids is 1. The Morgan fingerprint density at radius 3 is 2.58 bits per heavy atom. The van der Waals surface area contributed by atoms with Gasteiger partial charge in [-0.2, -0.15) is 0 Å². The van der Waals surface area contributed by atoms with Crippen molar-refractivity contribution in [3.05, 3.63) is 0 Å². The number of carbonyl (C=O) groups excluding carboxylic acids is 1. The van der Waals surface area contributed by atoms with Gasteiger partial charge in [0, 0.05) is 20.6 Å². The van der Waals surface area contributed by atoms with Crippen molar-refractivity contribution in [2.24, 2.45) is 0 Å². The van der Waals surface area contributed by atoms with E-state index < -0.39 is 18.1 Å². The zero-order valence-corrected chi connectivity index (χ0v) is 6.98. The molecule has 1 saturated heterocycles. The first kappa shape index (κ1) is 8.99. The van der Waals surface area contributed by atoms with Gasteiger partial charge in [0.2, 0.25) is 0 Å². The molecule has 5 nitrogen and oxygen atoms in total. The van der Waals surface area contributed by atoms with E-state index in [1.165, 1.54) is 19.1 Å². The van der Waals surface area contributed by atoms with Gasteiger partial charge in [-0.05, 0) is 0 Å². The molecule has 1 fully saturated rings. The van der Waals surface area contributed by atoms with Crippen LogP contribution in [-0.2, 0) is 14.3 Å². The van der Waals surface area contributed by atoms with Gasteiger partial charge in [0.25, 0.3) is 5.91 Å². The second-order valence-electron chi connectivity index (χ2n) is 2.76. The average Bonchev–Trinajstić information content (AvgIpc) is 2.30. The van der Waals surface area contributed by atoms with Crippen molar-refractivity contribution in [2.45, 2.75) is 18.6 Å². The molecule has 1 amide bonds. The maximum absolute atomic E-state index is 11.2. The number of likely N-dealkylation sites (tertiary alicyclic amines) is 1. The number of nitrogens with zero attached hydrogens (tertiary/aromatic N) is 1. The third-order valence-electron chi connectivity index (χ3n) is 2.10. The number of carbonyl (C=O) groups is 2. The van der Waals surface area contributed by atoms with E-state index >= 15 is 0 Å². The van der Waals surface area contributed by atoms with E-state index in [4.69, 9.17) is 9.84 Å². The van der Waals surface area contributed by atoms with Crippen LogP contribution < -0.4 is 0 Å². The first-order valence-electron chi connectivity index (χ1n) is 3.60. The third-order valence-corrected chi connectivity index (χ3v) is 2.10. The number of carboxylic acid groups (broad SMARTS) is 1. The average molecular weight is 173 g/mol. The fourth-order valence-corrected chi connectivity index (χ4v) is 1.31. The van der Waals surface area contributed by atoms with Gasteiger partial charge >= 0.3 is 5.97 Å². The first-order valence-corrected chi connectivity index (χ1v) is 3.60. The molecule has 0 aliphatic carbocycles. The van der Waals surface area contributed by atoms with Gasteiger partial charge in [-0.25, -0.2) is 4.79 Å². The van der Waals surface area contributed by atoms with Crippen LogP contribution >= 0.6 is 0 Å². The number of amides is 1. The molecule has 1 N–H and O–H groups in total. The van der Waals surface area contributed by atoms with Gasteiger partial charge in [0.1, 0.15) is 12.1 Å². The van der Waals surface area contributed by atoms with E-state index in [2.05, 4.69) is 0 Å². The van der Waals surface area contributed by atoms with E-state index in [1.54, 1.807) is 0 Å². The van der Waals surface area contributed by atoms with E-state index in [-0.39, 0.29) is 12.3 Å². The summed E-state index contributed by atoms with van der Waals surface area (Å²) in [7, 11) is 2.88. The molecule has 0 aromatic rings. The summed E-state index contributed by atoms with van der Waals surface area (Å²) in [4.78, 5) is 23.0. The molecular weight excluding hydrogens is 162 g/mol. The van der Waals surface area contributed by atoms with Gasteiger partial charge < -0.3 is 14.7 Å². The lowest BCUT2D eigenvalue weighted by atomic mass is 10.2. The summed E-state index contributed by atoms with van der Waals surface area (Å²) in [5.41, 5.74) is 0. The van der Waals surface area contributed by atoms with Crippen molar-refractivity contribution in [1.82, 2.24) is 4.90 Å². The molecule has 0 unspecified atom stereocenters. The van der Waals surface area contributed by atoms with Crippen LogP contribution in [0.5, 0.6) is 0 Å². The van der Waals surface area contributed by atoms with Crippen LogP contribution in [0.15, 0.2) is 0 Å². The van der Waals surface area contributed by atoms with E-state index in [0.29, 0.717) is 0 Å². The second kappa shape index (κ2) is 3.10. The van der Waals surface area contributed by atoms with E-state index in [9.17, 15) is 9.59 Å². The summed E-state index contributed by atoms with van der Waals surface area (Å²) < 4.78 is 4.82. The number of methoxy groups -OCH3 is 1. The van der Waals surface area contributed by atoms with Crippen LogP contribution in [0.1, 0.15) is 6.42 Å². The zero-order chi connectivity index (χ0) is 9.30. The highest BCUT2D eigenvalue weighted by Gasteiger charge is 2.41. The number of hydrogen-bond acceptors (Lipinski definition) is 3. The lowest BCUT2D eigenvalue weighted by molar-refractivity contribution is -0.145. The predicted molar refractivity (Wildman–Crippen MR) is 39.6 cm³/mol. The van der Waals surface area contributed by atoms with Gasteiger partial charge in [0.05, 0.1) is 0 Å². The molecule has 68 valence electrons. The Morgan fingerprint density at radius 2 is 2.33 bits per heavy atom. The minimum atomic E-state index is -0.981. The van der Waals surface area contributed by atoms with Crippen LogP contribution in [-0.4, -0.2) is 48.2 Å². The summed E-state index contributed by atoms with van der Waals surface area (Å²) in [6.07, 6.45) is -0.350. The van der Waals surface area contributed by atoms with E-state index in [1.807, 2.05) is 0 Å². The fraction of sp³-hybridized carbons (Fsp3) is 0.714. The summed E-state index contributed by atoms with van der Waals surface area (Å²) >= 11 is 0. The van der Waals surface area contributed by atoms with Crippen LogP contribution in [0.25, 0.3) is 0 Å². The molecular formula is C7H11NO4. The highest BCUT2D eigenvalue weighted by atomic mass is 16.5. The van der Waals surface area contributed by atoms with Crippen molar-refractivity contribution in [3.8, 4) is 0 Å². The lowest BCUT2D eigenvalue weighted by Gasteiger charge is -2.13. The SMILES string of the molecule is CO[C@H]1C[C@@H](C(=O)O)N(C)C1=O. The molecule has 0 saturated carbocycles. The summed E-state index contributed by atoms with van der Waals surface area (Å²) in [5, 5.41) is 8.67. The number of ether oxygens (including phenoxy) is 1. The summed E-state index contributed by atoms with van der Waals surface area (Å²) in [6.45, 7) is 0. The number of hydrogen-bond donors (Lipinski definition) is 1. The Hall–Kier alpha value is -1.10. The summed E-state index contributed by atoms with van der Waals surface area (Å²) in [5.74, 6) is -1.24. The highest BCUT2D eigenvalue weighted by Crippen LogP contribution is 2.19. The van der Waals surface area contributed by atoms with Crippen molar-refractivity contribution >= 4 is 11.9 Å². The van der Waals surface area contributed by atoms with Gasteiger partial charge in [-0.1, -0.05) is 0 Å². The Kier molecular flexibility index (Phi) is 2.32. The Morgan fingerprint density at radius 1 is 1.75 bits per heavy atom. The molecule has 0 aromatic carbocycles. The minimum absolute atomic E-state index is 0.237. The quantitative estimate of drug-likeness (QED) is 0.600. The number of carboxylic acids is 1. The van der Waals surface area contributed by atoms with Gasteiger partial charge in [0.15, 0.2) is 0 Å². The molecule has 0 aromatic heterocycles. The standard InChI is InChI=1S/C7H11NO4/c1-8-4(7(10)11)3-5(12-2)6(8)9/h4-5H,3H2,1-2H3,(H,10,11)/t4-,5-/m0/s1. The van der Waals surface area contributed by atoms with Crippen molar-refractivity contribution in [3.63, 3.8) is 0 Å².